The van der Waals surface area contributed by atoms with Crippen LogP contribution in [0.4, 0.5) is 5.69 Å². The molecule has 0 spiro atoms. The lowest BCUT2D eigenvalue weighted by molar-refractivity contribution is 0.415. The van der Waals surface area contributed by atoms with Gasteiger partial charge >= 0.3 is 0 Å². The van der Waals surface area contributed by atoms with Gasteiger partial charge in [0.05, 0.1) is 11.4 Å². The third-order valence-electron chi connectivity index (χ3n) is 3.29. The van der Waals surface area contributed by atoms with Crippen LogP contribution in [0.1, 0.15) is 38.3 Å². The normalized spacial score (nSPS) is 22.3. The fourth-order valence-corrected chi connectivity index (χ4v) is 2.20. The zero-order valence-corrected chi connectivity index (χ0v) is 8.96. The highest BCUT2D eigenvalue weighted by Crippen LogP contribution is 2.35. The summed E-state index contributed by atoms with van der Waals surface area (Å²) < 4.78 is 0. The summed E-state index contributed by atoms with van der Waals surface area (Å²) in [6.07, 6.45) is 4.36. The molecule has 1 aromatic heterocycles. The first-order chi connectivity index (χ1) is 6.83. The molecule has 2 heteroatoms. The van der Waals surface area contributed by atoms with Crippen molar-refractivity contribution in [2.45, 2.75) is 32.6 Å². The lowest BCUT2D eigenvalue weighted by atomic mass is 9.83. The molecule has 0 aromatic carbocycles. The summed E-state index contributed by atoms with van der Waals surface area (Å²) in [6.45, 7) is 5.68. The van der Waals surface area contributed by atoms with Gasteiger partial charge < -0.3 is 5.32 Å². The van der Waals surface area contributed by atoms with Crippen molar-refractivity contribution >= 4 is 5.69 Å². The van der Waals surface area contributed by atoms with Crippen LogP contribution in [-0.2, 0) is 0 Å². The van der Waals surface area contributed by atoms with Crippen molar-refractivity contribution in [1.82, 2.24) is 4.98 Å². The number of pyridine rings is 1. The molecule has 2 atom stereocenters. The number of nitrogens with zero attached hydrogens (tertiary/aromatic N) is 1. The number of hydrogen-bond donors (Lipinski definition) is 1. The van der Waals surface area contributed by atoms with Gasteiger partial charge in [-0.15, -0.1) is 0 Å². The molecule has 2 rings (SSSR count). The molecule has 0 aliphatic carbocycles. The van der Waals surface area contributed by atoms with Gasteiger partial charge in [0, 0.05) is 18.7 Å². The van der Waals surface area contributed by atoms with Gasteiger partial charge in [-0.25, -0.2) is 0 Å². The molecule has 0 saturated heterocycles. The Bertz CT molecular complexity index is 309. The molecule has 0 amide bonds. The van der Waals surface area contributed by atoms with Crippen LogP contribution >= 0.6 is 0 Å². The monoisotopic (exact) mass is 190 g/mol. The molecular weight excluding hydrogens is 172 g/mol. The molecule has 2 heterocycles. The van der Waals surface area contributed by atoms with Gasteiger partial charge in [0.15, 0.2) is 0 Å². The average molecular weight is 190 g/mol. The SMILES string of the molecule is CCC(C)C1CCNc2cccnc21. The number of rotatable bonds is 2. The van der Waals surface area contributed by atoms with E-state index >= 15 is 0 Å². The molecular formula is C12H18N2. The van der Waals surface area contributed by atoms with Crippen LogP contribution in [0.15, 0.2) is 18.3 Å². The summed E-state index contributed by atoms with van der Waals surface area (Å²) >= 11 is 0. The largest absolute Gasteiger partial charge is 0.384 e. The molecule has 0 saturated carbocycles. The standard InChI is InChI=1S/C12H18N2/c1-3-9(2)10-6-8-13-11-5-4-7-14-12(10)11/h4-5,7,9-10,13H,3,6,8H2,1-2H3. The predicted octanol–water partition coefficient (Wildman–Crippen LogP) is 3.03. The van der Waals surface area contributed by atoms with Gasteiger partial charge in [-0.05, 0) is 24.5 Å². The quantitative estimate of drug-likeness (QED) is 0.775. The lowest BCUT2D eigenvalue weighted by Crippen LogP contribution is -2.22. The van der Waals surface area contributed by atoms with E-state index in [1.54, 1.807) is 0 Å². The first-order valence-corrected chi connectivity index (χ1v) is 5.51. The number of nitrogens with one attached hydrogen (secondary N) is 1. The molecule has 76 valence electrons. The minimum absolute atomic E-state index is 0.650. The van der Waals surface area contributed by atoms with E-state index in [1.165, 1.54) is 24.2 Å². The molecule has 0 radical (unpaired) electrons. The lowest BCUT2D eigenvalue weighted by Gasteiger charge is -2.29. The minimum Gasteiger partial charge on any atom is -0.384 e. The topological polar surface area (TPSA) is 24.9 Å². The number of fused-ring (bicyclic) bond motifs is 1. The molecule has 1 aromatic rings. The van der Waals surface area contributed by atoms with Crippen molar-refractivity contribution in [3.05, 3.63) is 24.0 Å². The van der Waals surface area contributed by atoms with Crippen LogP contribution < -0.4 is 5.32 Å². The minimum atomic E-state index is 0.650. The van der Waals surface area contributed by atoms with E-state index in [0.29, 0.717) is 5.92 Å². The van der Waals surface area contributed by atoms with Crippen molar-refractivity contribution in [3.8, 4) is 0 Å². The Morgan fingerprint density at radius 3 is 3.29 bits per heavy atom. The fraction of sp³-hybridized carbons (Fsp3) is 0.583. The van der Waals surface area contributed by atoms with Gasteiger partial charge in [-0.2, -0.15) is 0 Å². The van der Waals surface area contributed by atoms with Crippen LogP contribution in [-0.4, -0.2) is 11.5 Å². The molecule has 1 N–H and O–H groups in total. The van der Waals surface area contributed by atoms with Gasteiger partial charge in [-0.3, -0.25) is 4.98 Å². The van der Waals surface area contributed by atoms with Crippen molar-refractivity contribution in [1.29, 1.82) is 0 Å². The Morgan fingerprint density at radius 1 is 1.64 bits per heavy atom. The third kappa shape index (κ3) is 1.61. The van der Waals surface area contributed by atoms with Crippen molar-refractivity contribution in [3.63, 3.8) is 0 Å². The van der Waals surface area contributed by atoms with E-state index < -0.39 is 0 Å². The highest BCUT2D eigenvalue weighted by molar-refractivity contribution is 5.51. The smallest absolute Gasteiger partial charge is 0.0668 e. The maximum absolute atomic E-state index is 4.51. The molecule has 14 heavy (non-hydrogen) atoms. The maximum atomic E-state index is 4.51. The van der Waals surface area contributed by atoms with Crippen LogP contribution in [0.25, 0.3) is 0 Å². The van der Waals surface area contributed by atoms with Gasteiger partial charge in [-0.1, -0.05) is 20.3 Å². The van der Waals surface area contributed by atoms with E-state index in [1.807, 2.05) is 12.3 Å². The molecule has 1 aliphatic rings. The Kier molecular flexibility index (Phi) is 2.71. The molecule has 0 bridgehead atoms. The fourth-order valence-electron chi connectivity index (χ4n) is 2.20. The van der Waals surface area contributed by atoms with Crippen molar-refractivity contribution < 1.29 is 0 Å². The van der Waals surface area contributed by atoms with Crippen LogP contribution in [0.2, 0.25) is 0 Å². The Labute approximate surface area is 85.7 Å². The van der Waals surface area contributed by atoms with E-state index in [0.717, 1.165) is 12.5 Å². The Balaban J connectivity index is 2.30. The highest BCUT2D eigenvalue weighted by atomic mass is 14.9. The van der Waals surface area contributed by atoms with E-state index in [2.05, 4.69) is 30.2 Å². The second-order valence-corrected chi connectivity index (χ2v) is 4.14. The predicted molar refractivity (Wildman–Crippen MR) is 59.5 cm³/mol. The second kappa shape index (κ2) is 3.99. The zero-order chi connectivity index (χ0) is 9.97. The van der Waals surface area contributed by atoms with Gasteiger partial charge in [0.25, 0.3) is 0 Å². The van der Waals surface area contributed by atoms with Gasteiger partial charge in [0.1, 0.15) is 0 Å². The molecule has 2 nitrogen and oxygen atoms in total. The summed E-state index contributed by atoms with van der Waals surface area (Å²) in [5.41, 5.74) is 2.51. The van der Waals surface area contributed by atoms with Crippen molar-refractivity contribution in [2.24, 2.45) is 5.92 Å². The molecule has 1 aliphatic heterocycles. The Hall–Kier alpha value is -1.05. The van der Waals surface area contributed by atoms with Crippen LogP contribution in [0.5, 0.6) is 0 Å². The van der Waals surface area contributed by atoms with Crippen molar-refractivity contribution in [2.75, 3.05) is 11.9 Å². The van der Waals surface area contributed by atoms with E-state index in [9.17, 15) is 0 Å². The molecule has 2 unspecified atom stereocenters. The molecule has 0 fully saturated rings. The van der Waals surface area contributed by atoms with E-state index in [4.69, 9.17) is 0 Å². The van der Waals surface area contributed by atoms with Gasteiger partial charge in [0.2, 0.25) is 0 Å². The highest BCUT2D eigenvalue weighted by Gasteiger charge is 2.24. The number of aromatic nitrogens is 1. The maximum Gasteiger partial charge on any atom is 0.0668 e. The summed E-state index contributed by atoms with van der Waals surface area (Å²) in [5, 5.41) is 3.41. The Morgan fingerprint density at radius 2 is 2.50 bits per heavy atom. The number of anilines is 1. The first-order valence-electron chi connectivity index (χ1n) is 5.51. The zero-order valence-electron chi connectivity index (χ0n) is 8.96. The van der Waals surface area contributed by atoms with Crippen LogP contribution in [0, 0.1) is 5.92 Å². The number of hydrogen-bond acceptors (Lipinski definition) is 2. The van der Waals surface area contributed by atoms with Crippen LogP contribution in [0.3, 0.4) is 0 Å². The summed E-state index contributed by atoms with van der Waals surface area (Å²) in [5.74, 6) is 1.39. The average Bonchev–Trinajstić information content (AvgIpc) is 2.27. The van der Waals surface area contributed by atoms with E-state index in [-0.39, 0.29) is 0 Å². The summed E-state index contributed by atoms with van der Waals surface area (Å²) in [4.78, 5) is 4.51. The summed E-state index contributed by atoms with van der Waals surface area (Å²) in [7, 11) is 0. The third-order valence-corrected chi connectivity index (χ3v) is 3.29. The summed E-state index contributed by atoms with van der Waals surface area (Å²) in [6, 6.07) is 4.14. The first kappa shape index (κ1) is 9.50. The second-order valence-electron chi connectivity index (χ2n) is 4.14.